The molecule has 0 spiro atoms. The molecule has 100 valence electrons. The molecule has 0 bridgehead atoms. The minimum Gasteiger partial charge on any atom is -0.242 e. The largest absolute Gasteiger partial charge is 0.243 e. The van der Waals surface area contributed by atoms with Gasteiger partial charge in [-0.2, -0.15) is 11.8 Å². The van der Waals surface area contributed by atoms with Gasteiger partial charge in [-0.1, -0.05) is 11.6 Å². The number of aromatic nitrogens is 1. The summed E-state index contributed by atoms with van der Waals surface area (Å²) in [5.41, 5.74) is 0. The fourth-order valence-electron chi connectivity index (χ4n) is 1.64. The van der Waals surface area contributed by atoms with Gasteiger partial charge in [-0.3, -0.25) is 0 Å². The highest BCUT2D eigenvalue weighted by atomic mass is 79.9. The molecule has 1 N–H and O–H groups in total. The fraction of sp³-hybridized carbons (Fsp3) is 0.500. The van der Waals surface area contributed by atoms with E-state index in [4.69, 9.17) is 11.6 Å². The zero-order valence-corrected chi connectivity index (χ0v) is 13.4. The highest BCUT2D eigenvalue weighted by molar-refractivity contribution is 9.10. The average molecular weight is 372 g/mol. The highest BCUT2D eigenvalue weighted by Crippen LogP contribution is 2.25. The molecule has 0 amide bonds. The van der Waals surface area contributed by atoms with Crippen molar-refractivity contribution in [3.8, 4) is 0 Å². The third kappa shape index (κ3) is 3.60. The Morgan fingerprint density at radius 1 is 1.61 bits per heavy atom. The van der Waals surface area contributed by atoms with Crippen molar-refractivity contribution in [2.24, 2.45) is 5.92 Å². The van der Waals surface area contributed by atoms with E-state index in [2.05, 4.69) is 25.6 Å². The molecule has 2 heterocycles. The number of nitrogens with zero attached hydrogens (tertiary/aromatic N) is 1. The van der Waals surface area contributed by atoms with Gasteiger partial charge in [0.2, 0.25) is 10.0 Å². The van der Waals surface area contributed by atoms with E-state index in [1.807, 2.05) is 11.8 Å². The van der Waals surface area contributed by atoms with Crippen LogP contribution in [0.2, 0.25) is 5.15 Å². The molecule has 0 saturated carbocycles. The second-order valence-corrected chi connectivity index (χ2v) is 8.18. The van der Waals surface area contributed by atoms with Gasteiger partial charge in [-0.05, 0) is 45.8 Å². The van der Waals surface area contributed by atoms with Gasteiger partial charge >= 0.3 is 0 Å². The van der Waals surface area contributed by atoms with Crippen molar-refractivity contribution < 1.29 is 8.42 Å². The maximum Gasteiger partial charge on any atom is 0.243 e. The van der Waals surface area contributed by atoms with Crippen molar-refractivity contribution in [2.75, 3.05) is 18.1 Å². The molecular weight excluding hydrogens is 360 g/mol. The molecule has 1 saturated heterocycles. The summed E-state index contributed by atoms with van der Waals surface area (Å²) >= 11 is 10.9. The summed E-state index contributed by atoms with van der Waals surface area (Å²) in [6.45, 7) is 0.457. The SMILES string of the molecule is O=S(=O)(NCC1CCSC1)c1cc(Br)cnc1Cl. The standard InChI is InChI=1S/C10H12BrClN2O2S2/c11-8-3-9(10(12)13-5-8)18(15,16)14-4-7-1-2-17-6-7/h3,5,7,14H,1-2,4,6H2. The van der Waals surface area contributed by atoms with E-state index in [-0.39, 0.29) is 10.0 Å². The molecule has 1 aliphatic heterocycles. The summed E-state index contributed by atoms with van der Waals surface area (Å²) < 4.78 is 27.4. The molecule has 8 heteroatoms. The summed E-state index contributed by atoms with van der Waals surface area (Å²) in [6.07, 6.45) is 2.52. The van der Waals surface area contributed by atoms with Crippen LogP contribution in [0.5, 0.6) is 0 Å². The van der Waals surface area contributed by atoms with Crippen molar-refractivity contribution >= 4 is 49.3 Å². The lowest BCUT2D eigenvalue weighted by atomic mass is 10.1. The number of nitrogens with one attached hydrogen (secondary N) is 1. The Morgan fingerprint density at radius 3 is 3.06 bits per heavy atom. The van der Waals surface area contributed by atoms with Gasteiger partial charge in [0.05, 0.1) is 0 Å². The minimum atomic E-state index is -3.58. The van der Waals surface area contributed by atoms with Gasteiger partial charge in [0.1, 0.15) is 10.0 Å². The van der Waals surface area contributed by atoms with E-state index in [0.29, 0.717) is 16.9 Å². The Bertz CT molecular complexity index is 533. The number of sulfonamides is 1. The molecule has 0 radical (unpaired) electrons. The van der Waals surface area contributed by atoms with Crippen LogP contribution in [-0.4, -0.2) is 31.5 Å². The first-order chi connectivity index (χ1) is 8.49. The summed E-state index contributed by atoms with van der Waals surface area (Å²) in [6, 6.07) is 1.46. The number of pyridine rings is 1. The van der Waals surface area contributed by atoms with Gasteiger partial charge < -0.3 is 0 Å². The number of hydrogen-bond donors (Lipinski definition) is 1. The van der Waals surface area contributed by atoms with Crippen LogP contribution in [0.4, 0.5) is 0 Å². The lowest BCUT2D eigenvalue weighted by molar-refractivity contribution is 0.545. The average Bonchev–Trinajstić information content (AvgIpc) is 2.83. The van der Waals surface area contributed by atoms with E-state index in [1.54, 1.807) is 0 Å². The Hall–Kier alpha value is 0.180. The lowest BCUT2D eigenvalue weighted by Gasteiger charge is -2.11. The van der Waals surface area contributed by atoms with Crippen molar-refractivity contribution in [3.63, 3.8) is 0 Å². The number of halogens is 2. The van der Waals surface area contributed by atoms with Crippen molar-refractivity contribution in [2.45, 2.75) is 11.3 Å². The summed E-state index contributed by atoms with van der Waals surface area (Å²) in [4.78, 5) is 3.84. The number of hydrogen-bond acceptors (Lipinski definition) is 4. The maximum absolute atomic E-state index is 12.1. The van der Waals surface area contributed by atoms with E-state index in [1.165, 1.54) is 12.3 Å². The third-order valence-electron chi connectivity index (χ3n) is 2.65. The molecule has 1 fully saturated rings. The predicted octanol–water partition coefficient (Wildman–Crippen LogP) is 2.53. The summed E-state index contributed by atoms with van der Waals surface area (Å²) in [7, 11) is -3.58. The smallest absolute Gasteiger partial charge is 0.242 e. The molecule has 2 rings (SSSR count). The molecule has 1 aliphatic rings. The van der Waals surface area contributed by atoms with Gasteiger partial charge in [0.25, 0.3) is 0 Å². The first kappa shape index (κ1) is 14.6. The Morgan fingerprint density at radius 2 is 2.39 bits per heavy atom. The van der Waals surface area contributed by atoms with Gasteiger partial charge in [0.15, 0.2) is 0 Å². The molecule has 0 aromatic carbocycles. The zero-order valence-electron chi connectivity index (χ0n) is 9.40. The zero-order chi connectivity index (χ0) is 13.2. The Labute approximate surface area is 124 Å². The molecule has 0 aliphatic carbocycles. The molecule has 1 atom stereocenters. The number of thioether (sulfide) groups is 1. The van der Waals surface area contributed by atoms with Crippen LogP contribution in [0.25, 0.3) is 0 Å². The van der Waals surface area contributed by atoms with Crippen LogP contribution in [0.1, 0.15) is 6.42 Å². The van der Waals surface area contributed by atoms with E-state index >= 15 is 0 Å². The monoisotopic (exact) mass is 370 g/mol. The molecule has 4 nitrogen and oxygen atoms in total. The Balaban J connectivity index is 2.12. The van der Waals surface area contributed by atoms with Gasteiger partial charge in [-0.25, -0.2) is 18.1 Å². The van der Waals surface area contributed by atoms with Crippen LogP contribution in [-0.2, 0) is 10.0 Å². The summed E-state index contributed by atoms with van der Waals surface area (Å²) in [5, 5.41) is -0.00787. The van der Waals surface area contributed by atoms with E-state index in [0.717, 1.165) is 17.9 Å². The second-order valence-electron chi connectivity index (χ2n) is 4.02. The van der Waals surface area contributed by atoms with E-state index < -0.39 is 10.0 Å². The molecule has 1 aromatic rings. The molecule has 1 unspecified atom stereocenters. The highest BCUT2D eigenvalue weighted by Gasteiger charge is 2.22. The van der Waals surface area contributed by atoms with Crippen LogP contribution in [0.3, 0.4) is 0 Å². The van der Waals surface area contributed by atoms with Crippen LogP contribution in [0, 0.1) is 5.92 Å². The van der Waals surface area contributed by atoms with Crippen molar-refractivity contribution in [3.05, 3.63) is 21.9 Å². The topological polar surface area (TPSA) is 59.1 Å². The first-order valence-electron chi connectivity index (χ1n) is 5.37. The van der Waals surface area contributed by atoms with Crippen LogP contribution >= 0.6 is 39.3 Å². The van der Waals surface area contributed by atoms with Crippen molar-refractivity contribution in [1.29, 1.82) is 0 Å². The fourth-order valence-corrected chi connectivity index (χ4v) is 4.98. The number of rotatable bonds is 4. The van der Waals surface area contributed by atoms with Crippen molar-refractivity contribution in [1.82, 2.24) is 9.71 Å². The predicted molar refractivity (Wildman–Crippen MR) is 77.6 cm³/mol. The lowest BCUT2D eigenvalue weighted by Crippen LogP contribution is -2.29. The van der Waals surface area contributed by atoms with E-state index in [9.17, 15) is 8.42 Å². The van der Waals surface area contributed by atoms with Gasteiger partial charge in [-0.15, -0.1) is 0 Å². The van der Waals surface area contributed by atoms with Crippen LogP contribution < -0.4 is 4.72 Å². The first-order valence-corrected chi connectivity index (χ1v) is 9.18. The quantitative estimate of drug-likeness (QED) is 0.826. The summed E-state index contributed by atoms with van der Waals surface area (Å²) in [5.74, 6) is 2.52. The second kappa shape index (κ2) is 6.09. The molecular formula is C10H12BrClN2O2S2. The third-order valence-corrected chi connectivity index (χ3v) is 6.16. The molecule has 1 aromatic heterocycles. The van der Waals surface area contributed by atoms with Crippen LogP contribution in [0.15, 0.2) is 21.6 Å². The Kier molecular flexibility index (Phi) is 4.93. The molecule has 18 heavy (non-hydrogen) atoms. The minimum absolute atomic E-state index is 0.00787. The van der Waals surface area contributed by atoms with Gasteiger partial charge in [0, 0.05) is 17.2 Å². The normalized spacial score (nSPS) is 20.2. The maximum atomic E-state index is 12.1.